The van der Waals surface area contributed by atoms with Crippen molar-refractivity contribution in [3.8, 4) is 0 Å². The van der Waals surface area contributed by atoms with Crippen molar-refractivity contribution in [2.24, 2.45) is 5.92 Å². The third kappa shape index (κ3) is 6.50. The van der Waals surface area contributed by atoms with Gasteiger partial charge in [-0.25, -0.2) is 8.42 Å². The summed E-state index contributed by atoms with van der Waals surface area (Å²) in [6.45, 7) is 9.47. The van der Waals surface area contributed by atoms with Crippen LogP contribution < -0.4 is 0 Å². The number of likely N-dealkylation sites (N-methyl/N-ethyl adjacent to an activating group) is 1. The molecule has 1 atom stereocenters. The maximum atomic E-state index is 12.7. The minimum atomic E-state index is -2.96. The first-order valence-corrected chi connectivity index (χ1v) is 12.1. The van der Waals surface area contributed by atoms with Crippen LogP contribution in [0.2, 0.25) is 0 Å². The normalized spacial score (nSPS) is 24.2. The Bertz CT molecular complexity index is 544. The van der Waals surface area contributed by atoms with Gasteiger partial charge >= 0.3 is 0 Å². The lowest BCUT2D eigenvalue weighted by molar-refractivity contribution is -0.134. The van der Waals surface area contributed by atoms with Crippen LogP contribution in [0.4, 0.5) is 0 Å². The molecule has 2 aliphatic heterocycles. The second-order valence-corrected chi connectivity index (χ2v) is 10.3. The molecular formula is C19H37N3O3S. The quantitative estimate of drug-likeness (QED) is 0.599. The van der Waals surface area contributed by atoms with E-state index in [4.69, 9.17) is 0 Å². The van der Waals surface area contributed by atoms with E-state index in [2.05, 4.69) is 23.8 Å². The van der Waals surface area contributed by atoms with Crippen LogP contribution in [0.1, 0.15) is 46.0 Å². The molecule has 26 heavy (non-hydrogen) atoms. The van der Waals surface area contributed by atoms with Crippen molar-refractivity contribution in [2.45, 2.75) is 52.0 Å². The first kappa shape index (κ1) is 21.6. The Hall–Kier alpha value is -0.660. The van der Waals surface area contributed by atoms with Gasteiger partial charge in [-0.3, -0.25) is 9.69 Å². The fraction of sp³-hybridized carbons (Fsp3) is 0.947. The van der Waals surface area contributed by atoms with Crippen molar-refractivity contribution < 1.29 is 13.2 Å². The molecule has 0 aromatic carbocycles. The lowest BCUT2D eigenvalue weighted by atomic mass is 9.96. The number of unbranched alkanes of at least 4 members (excludes halogenated alkanes) is 1. The fourth-order valence-corrected chi connectivity index (χ4v) is 5.96. The number of amides is 1. The highest BCUT2D eigenvalue weighted by Crippen LogP contribution is 2.20. The average molecular weight is 388 g/mol. The van der Waals surface area contributed by atoms with Crippen molar-refractivity contribution in [1.29, 1.82) is 0 Å². The summed E-state index contributed by atoms with van der Waals surface area (Å²) in [7, 11) is -0.746. The highest BCUT2D eigenvalue weighted by Gasteiger charge is 2.34. The summed E-state index contributed by atoms with van der Waals surface area (Å²) in [5.74, 6) is 1.18. The van der Waals surface area contributed by atoms with Gasteiger partial charge in [0.25, 0.3) is 0 Å². The number of sulfone groups is 1. The summed E-state index contributed by atoms with van der Waals surface area (Å²) in [6.07, 6.45) is 5.38. The number of hydrogen-bond donors (Lipinski definition) is 0. The van der Waals surface area contributed by atoms with Crippen molar-refractivity contribution in [2.75, 3.05) is 57.8 Å². The molecule has 0 aromatic rings. The standard InChI is InChI=1S/C19H37N3O3S/c1-4-6-10-20(3)14-17-7-11-21(12-8-17)15-19(23)22(5-2)18-9-13-26(24,25)16-18/h17-18H,4-16H2,1-3H3. The summed E-state index contributed by atoms with van der Waals surface area (Å²) >= 11 is 0. The third-order valence-corrected chi connectivity index (χ3v) is 7.59. The van der Waals surface area contributed by atoms with Gasteiger partial charge in [0.05, 0.1) is 18.1 Å². The second-order valence-electron chi connectivity index (χ2n) is 8.07. The van der Waals surface area contributed by atoms with E-state index in [1.54, 1.807) is 4.90 Å². The van der Waals surface area contributed by atoms with Crippen molar-refractivity contribution in [3.05, 3.63) is 0 Å². The second kappa shape index (κ2) is 10.0. The van der Waals surface area contributed by atoms with Crippen LogP contribution in [0.15, 0.2) is 0 Å². The minimum absolute atomic E-state index is 0.0908. The molecule has 2 saturated heterocycles. The molecular weight excluding hydrogens is 350 g/mol. The molecule has 0 aliphatic carbocycles. The molecule has 2 rings (SSSR count). The van der Waals surface area contributed by atoms with Crippen molar-refractivity contribution in [3.63, 3.8) is 0 Å². The Morgan fingerprint density at radius 2 is 1.85 bits per heavy atom. The van der Waals surface area contributed by atoms with Crippen molar-refractivity contribution in [1.82, 2.24) is 14.7 Å². The molecule has 1 amide bonds. The van der Waals surface area contributed by atoms with E-state index in [1.807, 2.05) is 6.92 Å². The smallest absolute Gasteiger partial charge is 0.237 e. The molecule has 7 heteroatoms. The van der Waals surface area contributed by atoms with E-state index < -0.39 is 9.84 Å². The van der Waals surface area contributed by atoms with Gasteiger partial charge in [0.15, 0.2) is 9.84 Å². The number of rotatable bonds is 9. The summed E-state index contributed by atoms with van der Waals surface area (Å²) in [5, 5.41) is 0. The van der Waals surface area contributed by atoms with E-state index in [-0.39, 0.29) is 23.5 Å². The molecule has 152 valence electrons. The molecule has 1 unspecified atom stereocenters. The first-order valence-electron chi connectivity index (χ1n) is 10.3. The van der Waals surface area contributed by atoms with Crippen LogP contribution in [0.5, 0.6) is 0 Å². The molecule has 2 fully saturated rings. The van der Waals surface area contributed by atoms with Gasteiger partial charge in [-0.05, 0) is 65.2 Å². The zero-order chi connectivity index (χ0) is 19.2. The zero-order valence-electron chi connectivity index (χ0n) is 16.8. The predicted octanol–water partition coefficient (Wildman–Crippen LogP) is 1.47. The number of piperidine rings is 1. The summed E-state index contributed by atoms with van der Waals surface area (Å²) in [5.41, 5.74) is 0. The molecule has 0 aromatic heterocycles. The molecule has 0 spiro atoms. The molecule has 6 nitrogen and oxygen atoms in total. The third-order valence-electron chi connectivity index (χ3n) is 5.84. The van der Waals surface area contributed by atoms with E-state index in [9.17, 15) is 13.2 Å². The van der Waals surface area contributed by atoms with Gasteiger partial charge in [-0.15, -0.1) is 0 Å². The van der Waals surface area contributed by atoms with Gasteiger partial charge in [0, 0.05) is 19.1 Å². The maximum Gasteiger partial charge on any atom is 0.237 e. The van der Waals surface area contributed by atoms with Crippen molar-refractivity contribution >= 4 is 15.7 Å². The van der Waals surface area contributed by atoms with Gasteiger partial charge in [-0.2, -0.15) is 0 Å². The highest BCUT2D eigenvalue weighted by molar-refractivity contribution is 7.91. The Kier molecular flexibility index (Phi) is 8.36. The van der Waals surface area contributed by atoms with Gasteiger partial charge in [0.2, 0.25) is 5.91 Å². The Morgan fingerprint density at radius 1 is 1.15 bits per heavy atom. The molecule has 0 radical (unpaired) electrons. The zero-order valence-corrected chi connectivity index (χ0v) is 17.6. The Morgan fingerprint density at radius 3 is 2.38 bits per heavy atom. The number of hydrogen-bond acceptors (Lipinski definition) is 5. The van der Waals surface area contributed by atoms with Crippen LogP contribution >= 0.6 is 0 Å². The molecule has 0 N–H and O–H groups in total. The largest absolute Gasteiger partial charge is 0.338 e. The summed E-state index contributed by atoms with van der Waals surface area (Å²) in [6, 6.07) is -0.123. The molecule has 0 bridgehead atoms. The predicted molar refractivity (Wildman–Crippen MR) is 106 cm³/mol. The minimum Gasteiger partial charge on any atom is -0.338 e. The van der Waals surface area contributed by atoms with Gasteiger partial charge in [-0.1, -0.05) is 13.3 Å². The van der Waals surface area contributed by atoms with Gasteiger partial charge < -0.3 is 9.80 Å². The van der Waals surface area contributed by atoms with E-state index >= 15 is 0 Å². The number of carbonyl (C=O) groups is 1. The number of likely N-dealkylation sites (tertiary alicyclic amines) is 1. The lowest BCUT2D eigenvalue weighted by Crippen LogP contribution is -2.48. The number of carbonyl (C=O) groups excluding carboxylic acids is 1. The first-order chi connectivity index (χ1) is 12.3. The fourth-order valence-electron chi connectivity index (χ4n) is 4.23. The van der Waals surface area contributed by atoms with Crippen LogP contribution in [-0.4, -0.2) is 92.9 Å². The molecule has 0 saturated carbocycles. The highest BCUT2D eigenvalue weighted by atomic mass is 32.2. The van der Waals surface area contributed by atoms with E-state index in [0.717, 1.165) is 38.4 Å². The topological polar surface area (TPSA) is 60.9 Å². The average Bonchev–Trinajstić information content (AvgIpc) is 2.95. The molecule has 2 aliphatic rings. The lowest BCUT2D eigenvalue weighted by Gasteiger charge is -2.35. The van der Waals surface area contributed by atoms with Crippen LogP contribution in [-0.2, 0) is 14.6 Å². The Labute approximate surface area is 159 Å². The van der Waals surface area contributed by atoms with Crippen LogP contribution in [0.25, 0.3) is 0 Å². The SMILES string of the molecule is CCCCN(C)CC1CCN(CC(=O)N(CC)C2CCS(=O)(=O)C2)CC1. The van der Waals surface area contributed by atoms with E-state index in [0.29, 0.717) is 19.5 Å². The number of nitrogens with zero attached hydrogens (tertiary/aromatic N) is 3. The molecule has 2 heterocycles. The maximum absolute atomic E-state index is 12.7. The van der Waals surface area contributed by atoms with Crippen LogP contribution in [0.3, 0.4) is 0 Å². The van der Waals surface area contributed by atoms with Gasteiger partial charge in [0.1, 0.15) is 0 Å². The Balaban J connectivity index is 1.75. The summed E-state index contributed by atoms with van der Waals surface area (Å²) in [4.78, 5) is 19.2. The monoisotopic (exact) mass is 387 g/mol. The van der Waals surface area contributed by atoms with E-state index in [1.165, 1.54) is 19.4 Å². The summed E-state index contributed by atoms with van der Waals surface area (Å²) < 4.78 is 23.4. The van der Waals surface area contributed by atoms with Crippen LogP contribution in [0, 0.1) is 5.92 Å².